The van der Waals surface area contributed by atoms with E-state index in [1.54, 1.807) is 10.8 Å². The van der Waals surface area contributed by atoms with Gasteiger partial charge in [-0.15, -0.1) is 0 Å². The lowest BCUT2D eigenvalue weighted by molar-refractivity contribution is 0.268. The highest BCUT2D eigenvalue weighted by molar-refractivity contribution is 5.38. The highest BCUT2D eigenvalue weighted by atomic mass is 16.3. The number of nitrogens with zero attached hydrogens (tertiary/aromatic N) is 1. The number of benzene rings is 1. The van der Waals surface area contributed by atoms with Crippen molar-refractivity contribution >= 4 is 0 Å². The lowest BCUT2D eigenvalue weighted by Gasteiger charge is -2.11. The summed E-state index contributed by atoms with van der Waals surface area (Å²) in [7, 11) is 0. The molecule has 0 bridgehead atoms. The molecule has 0 amide bonds. The van der Waals surface area contributed by atoms with Crippen LogP contribution in [0, 0.1) is 6.92 Å². The molecule has 4 N–H and O–H groups in total. The second kappa shape index (κ2) is 4.57. The Hall–Kier alpha value is -1.85. The fourth-order valence-electron chi connectivity index (χ4n) is 1.78. The molecule has 0 spiro atoms. The number of aryl methyl sites for hydroxylation is 1. The molecule has 1 atom stereocenters. The Kier molecular flexibility index (Phi) is 3.12. The van der Waals surface area contributed by atoms with Gasteiger partial charge in [-0.05, 0) is 24.6 Å². The van der Waals surface area contributed by atoms with Crippen LogP contribution in [0.2, 0.25) is 0 Å². The van der Waals surface area contributed by atoms with Crippen LogP contribution in [0.1, 0.15) is 17.3 Å². The van der Waals surface area contributed by atoms with Crippen molar-refractivity contribution in [3.05, 3.63) is 52.2 Å². The van der Waals surface area contributed by atoms with Gasteiger partial charge in [-0.1, -0.05) is 12.1 Å². The quantitative estimate of drug-likeness (QED) is 0.720. The van der Waals surface area contributed by atoms with E-state index >= 15 is 0 Å². The normalized spacial score (nSPS) is 12.6. The molecule has 1 heterocycles. The van der Waals surface area contributed by atoms with Crippen molar-refractivity contribution in [1.29, 1.82) is 0 Å². The zero-order chi connectivity index (χ0) is 12.4. The average molecular weight is 233 g/mol. The summed E-state index contributed by atoms with van der Waals surface area (Å²) in [5.74, 6) is 0. The van der Waals surface area contributed by atoms with Gasteiger partial charge in [0, 0.05) is 11.9 Å². The number of nitrogens with two attached hydrogens (primary N) is 1. The molecule has 0 saturated heterocycles. The molecule has 17 heavy (non-hydrogen) atoms. The molecule has 1 aromatic carbocycles. The molecule has 0 radical (unpaired) electrons. The first kappa shape index (κ1) is 11.6. The van der Waals surface area contributed by atoms with E-state index in [2.05, 4.69) is 4.98 Å². The Morgan fingerprint density at radius 3 is 2.88 bits per heavy atom. The van der Waals surface area contributed by atoms with Crippen LogP contribution < -0.4 is 11.4 Å². The van der Waals surface area contributed by atoms with Gasteiger partial charge in [-0.3, -0.25) is 4.57 Å². The molecule has 5 nitrogen and oxygen atoms in total. The number of aliphatic hydroxyl groups excluding tert-OH is 1. The number of aromatic amines is 1. The summed E-state index contributed by atoms with van der Waals surface area (Å²) in [5.41, 5.74) is 7.94. The molecular weight excluding hydrogens is 218 g/mol. The average Bonchev–Trinajstić information content (AvgIpc) is 2.68. The molecular formula is C12H15N3O2. The van der Waals surface area contributed by atoms with E-state index < -0.39 is 6.04 Å². The first-order chi connectivity index (χ1) is 8.13. The molecule has 0 fully saturated rings. The van der Waals surface area contributed by atoms with E-state index in [0.717, 1.165) is 16.9 Å². The van der Waals surface area contributed by atoms with E-state index in [1.807, 2.05) is 31.2 Å². The van der Waals surface area contributed by atoms with Gasteiger partial charge in [0.25, 0.3) is 0 Å². The molecule has 1 unspecified atom stereocenters. The van der Waals surface area contributed by atoms with Gasteiger partial charge in [-0.2, -0.15) is 0 Å². The fraction of sp³-hybridized carbons (Fsp3) is 0.250. The van der Waals surface area contributed by atoms with Gasteiger partial charge in [0.2, 0.25) is 0 Å². The smallest absolute Gasteiger partial charge is 0.330 e. The topological polar surface area (TPSA) is 84.0 Å². The number of nitrogens with one attached hydrogen (secondary N) is 1. The van der Waals surface area contributed by atoms with Crippen LogP contribution in [0.4, 0.5) is 0 Å². The predicted octanol–water partition coefficient (Wildman–Crippen LogP) is 0.466. The van der Waals surface area contributed by atoms with Crippen molar-refractivity contribution in [3.63, 3.8) is 0 Å². The molecule has 2 aromatic rings. The van der Waals surface area contributed by atoms with Crippen LogP contribution in [-0.2, 0) is 0 Å². The molecule has 2 rings (SSSR count). The highest BCUT2D eigenvalue weighted by Gasteiger charge is 2.08. The van der Waals surface area contributed by atoms with Crippen molar-refractivity contribution in [3.8, 4) is 5.69 Å². The van der Waals surface area contributed by atoms with Crippen LogP contribution in [0.25, 0.3) is 5.69 Å². The lowest BCUT2D eigenvalue weighted by Crippen LogP contribution is -2.18. The van der Waals surface area contributed by atoms with Gasteiger partial charge < -0.3 is 15.8 Å². The summed E-state index contributed by atoms with van der Waals surface area (Å²) in [6.07, 6.45) is 1.65. The van der Waals surface area contributed by atoms with Crippen LogP contribution in [0.15, 0.2) is 35.3 Å². The third-order valence-corrected chi connectivity index (χ3v) is 2.71. The van der Waals surface area contributed by atoms with Crippen molar-refractivity contribution in [2.75, 3.05) is 6.61 Å². The van der Waals surface area contributed by atoms with Crippen molar-refractivity contribution < 1.29 is 5.11 Å². The Balaban J connectivity index is 2.50. The minimum Gasteiger partial charge on any atom is -0.394 e. The first-order valence-electron chi connectivity index (χ1n) is 5.37. The van der Waals surface area contributed by atoms with Crippen LogP contribution in [0.5, 0.6) is 0 Å². The number of aromatic nitrogens is 2. The molecule has 0 aliphatic rings. The van der Waals surface area contributed by atoms with Gasteiger partial charge in [-0.25, -0.2) is 4.79 Å². The monoisotopic (exact) mass is 233 g/mol. The summed E-state index contributed by atoms with van der Waals surface area (Å²) in [6, 6.07) is 6.86. The Labute approximate surface area is 98.5 Å². The summed E-state index contributed by atoms with van der Waals surface area (Å²) < 4.78 is 1.56. The van der Waals surface area contributed by atoms with E-state index in [4.69, 9.17) is 10.8 Å². The second-order valence-corrected chi connectivity index (χ2v) is 3.95. The zero-order valence-electron chi connectivity index (χ0n) is 9.55. The number of rotatable bonds is 3. The maximum atomic E-state index is 11.6. The maximum absolute atomic E-state index is 11.6. The molecule has 0 saturated carbocycles. The van der Waals surface area contributed by atoms with Crippen LogP contribution in [-0.4, -0.2) is 21.3 Å². The number of hydrogen-bond donors (Lipinski definition) is 3. The summed E-state index contributed by atoms with van der Waals surface area (Å²) in [5, 5.41) is 9.02. The third kappa shape index (κ3) is 2.15. The van der Waals surface area contributed by atoms with Gasteiger partial charge in [0.1, 0.15) is 0 Å². The van der Waals surface area contributed by atoms with Gasteiger partial charge >= 0.3 is 5.69 Å². The number of aliphatic hydroxyl groups is 1. The molecule has 0 aliphatic carbocycles. The molecule has 1 aromatic heterocycles. The maximum Gasteiger partial charge on any atom is 0.330 e. The third-order valence-electron chi connectivity index (χ3n) is 2.71. The summed E-state index contributed by atoms with van der Waals surface area (Å²) in [4.78, 5) is 14.2. The summed E-state index contributed by atoms with van der Waals surface area (Å²) in [6.45, 7) is 1.72. The number of H-pyrrole nitrogens is 1. The number of imidazole rings is 1. The Bertz CT molecular complexity index is 571. The van der Waals surface area contributed by atoms with Crippen molar-refractivity contribution in [1.82, 2.24) is 9.55 Å². The Morgan fingerprint density at radius 2 is 2.29 bits per heavy atom. The second-order valence-electron chi connectivity index (χ2n) is 3.95. The molecule has 5 heteroatoms. The van der Waals surface area contributed by atoms with Gasteiger partial charge in [0.15, 0.2) is 0 Å². The first-order valence-corrected chi connectivity index (χ1v) is 5.37. The van der Waals surface area contributed by atoms with Crippen LogP contribution in [0.3, 0.4) is 0 Å². The standard InChI is InChI=1S/C12H15N3O2/c1-8-6-14-12(17)15(8)10-4-2-3-9(5-10)11(13)7-16/h2-6,11,16H,7,13H2,1H3,(H,14,17). The fourth-order valence-corrected chi connectivity index (χ4v) is 1.78. The van der Waals surface area contributed by atoms with Gasteiger partial charge in [0.05, 0.1) is 18.3 Å². The van der Waals surface area contributed by atoms with E-state index in [0.29, 0.717) is 0 Å². The Morgan fingerprint density at radius 1 is 1.53 bits per heavy atom. The largest absolute Gasteiger partial charge is 0.394 e. The minimum absolute atomic E-state index is 0.121. The number of hydrogen-bond acceptors (Lipinski definition) is 3. The lowest BCUT2D eigenvalue weighted by atomic mass is 10.1. The highest BCUT2D eigenvalue weighted by Crippen LogP contribution is 2.15. The van der Waals surface area contributed by atoms with E-state index in [-0.39, 0.29) is 12.3 Å². The zero-order valence-corrected chi connectivity index (χ0v) is 9.55. The minimum atomic E-state index is -0.426. The van der Waals surface area contributed by atoms with Crippen LogP contribution >= 0.6 is 0 Å². The SMILES string of the molecule is Cc1c[nH]c(=O)n1-c1cccc(C(N)CO)c1. The van der Waals surface area contributed by atoms with E-state index in [1.165, 1.54) is 0 Å². The predicted molar refractivity (Wildman–Crippen MR) is 65.1 cm³/mol. The molecule has 0 aliphatic heterocycles. The van der Waals surface area contributed by atoms with Crippen molar-refractivity contribution in [2.45, 2.75) is 13.0 Å². The summed E-state index contributed by atoms with van der Waals surface area (Å²) >= 11 is 0. The molecule has 90 valence electrons. The van der Waals surface area contributed by atoms with Crippen molar-refractivity contribution in [2.24, 2.45) is 5.73 Å². The van der Waals surface area contributed by atoms with E-state index in [9.17, 15) is 4.79 Å².